The van der Waals surface area contributed by atoms with E-state index in [2.05, 4.69) is 10.6 Å². The second-order valence-corrected chi connectivity index (χ2v) is 6.54. The van der Waals surface area contributed by atoms with E-state index >= 15 is 0 Å². The van der Waals surface area contributed by atoms with Crippen LogP contribution in [0.4, 0.5) is 14.5 Å². The van der Waals surface area contributed by atoms with Gasteiger partial charge in [-0.2, -0.15) is 0 Å². The lowest BCUT2D eigenvalue weighted by atomic mass is 10.1. The number of ether oxygens (including phenoxy) is 1. The zero-order chi connectivity index (χ0) is 19.4. The van der Waals surface area contributed by atoms with Crippen molar-refractivity contribution >= 4 is 17.5 Å². The first-order chi connectivity index (χ1) is 12.9. The summed E-state index contributed by atoms with van der Waals surface area (Å²) in [5.74, 6) is -1.77. The van der Waals surface area contributed by atoms with E-state index in [1.807, 2.05) is 0 Å². The number of benzene rings is 2. The Morgan fingerprint density at radius 3 is 2.63 bits per heavy atom. The molecule has 1 atom stereocenters. The van der Waals surface area contributed by atoms with Gasteiger partial charge in [0.2, 0.25) is 5.91 Å². The van der Waals surface area contributed by atoms with Crippen molar-refractivity contribution in [3.63, 3.8) is 0 Å². The van der Waals surface area contributed by atoms with Gasteiger partial charge in [-0.3, -0.25) is 9.59 Å². The van der Waals surface area contributed by atoms with E-state index in [0.717, 1.165) is 25.0 Å². The van der Waals surface area contributed by atoms with Gasteiger partial charge in [0, 0.05) is 17.7 Å². The van der Waals surface area contributed by atoms with Crippen molar-refractivity contribution in [3.05, 3.63) is 59.7 Å². The molecule has 2 aromatic carbocycles. The van der Waals surface area contributed by atoms with Gasteiger partial charge in [0.05, 0.1) is 6.04 Å². The van der Waals surface area contributed by atoms with Gasteiger partial charge in [-0.25, -0.2) is 8.78 Å². The summed E-state index contributed by atoms with van der Waals surface area (Å²) in [5.41, 5.74) is 1.06. The van der Waals surface area contributed by atoms with Crippen LogP contribution in [0, 0.1) is 17.6 Å². The molecule has 7 heteroatoms. The van der Waals surface area contributed by atoms with E-state index in [-0.39, 0.29) is 18.4 Å². The number of amides is 2. The van der Waals surface area contributed by atoms with Crippen molar-refractivity contribution in [2.75, 3.05) is 11.9 Å². The SMILES string of the molecule is CC(NC(=O)COc1cccc(NC(=O)C2CC2)c1)c1ccc(F)c(F)c1. The number of halogens is 2. The van der Waals surface area contributed by atoms with Gasteiger partial charge >= 0.3 is 0 Å². The van der Waals surface area contributed by atoms with Crippen molar-refractivity contribution in [1.29, 1.82) is 0 Å². The third kappa shape index (κ3) is 5.26. The molecule has 3 rings (SSSR count). The van der Waals surface area contributed by atoms with Gasteiger partial charge in [-0.15, -0.1) is 0 Å². The maximum Gasteiger partial charge on any atom is 0.258 e. The fourth-order valence-electron chi connectivity index (χ4n) is 2.55. The van der Waals surface area contributed by atoms with Gasteiger partial charge in [-0.1, -0.05) is 12.1 Å². The normalized spacial score (nSPS) is 14.3. The summed E-state index contributed by atoms with van der Waals surface area (Å²) in [5, 5.41) is 5.47. The molecule has 1 unspecified atom stereocenters. The minimum absolute atomic E-state index is 0.00903. The molecular weight excluding hydrogens is 354 g/mol. The van der Waals surface area contributed by atoms with Crippen molar-refractivity contribution in [3.8, 4) is 5.75 Å². The predicted molar refractivity (Wildman–Crippen MR) is 96.2 cm³/mol. The monoisotopic (exact) mass is 374 g/mol. The Morgan fingerprint density at radius 1 is 1.15 bits per heavy atom. The molecule has 0 aliphatic heterocycles. The summed E-state index contributed by atoms with van der Waals surface area (Å²) in [6.45, 7) is 1.42. The summed E-state index contributed by atoms with van der Waals surface area (Å²) < 4.78 is 31.7. The van der Waals surface area contributed by atoms with Crippen molar-refractivity contribution in [2.24, 2.45) is 5.92 Å². The third-order valence-electron chi connectivity index (χ3n) is 4.24. The van der Waals surface area contributed by atoms with E-state index in [9.17, 15) is 18.4 Å². The summed E-state index contributed by atoms with van der Waals surface area (Å²) in [4.78, 5) is 23.8. The summed E-state index contributed by atoms with van der Waals surface area (Å²) in [6, 6.07) is 9.78. The van der Waals surface area contributed by atoms with Crippen LogP contribution in [-0.4, -0.2) is 18.4 Å². The number of nitrogens with one attached hydrogen (secondary N) is 2. The fraction of sp³-hybridized carbons (Fsp3) is 0.300. The van der Waals surface area contributed by atoms with E-state index in [4.69, 9.17) is 4.74 Å². The number of anilines is 1. The molecule has 2 N–H and O–H groups in total. The van der Waals surface area contributed by atoms with Crippen molar-refractivity contribution in [1.82, 2.24) is 5.32 Å². The second kappa shape index (κ2) is 8.16. The highest BCUT2D eigenvalue weighted by Crippen LogP contribution is 2.30. The van der Waals surface area contributed by atoms with Gasteiger partial charge in [0.1, 0.15) is 5.75 Å². The Kier molecular flexibility index (Phi) is 5.69. The van der Waals surface area contributed by atoms with Gasteiger partial charge in [0.25, 0.3) is 5.91 Å². The number of carbonyl (C=O) groups is 2. The largest absolute Gasteiger partial charge is 0.484 e. The quantitative estimate of drug-likeness (QED) is 0.779. The fourth-order valence-corrected chi connectivity index (χ4v) is 2.55. The highest BCUT2D eigenvalue weighted by molar-refractivity contribution is 5.94. The third-order valence-corrected chi connectivity index (χ3v) is 4.24. The lowest BCUT2D eigenvalue weighted by molar-refractivity contribution is -0.123. The first-order valence-electron chi connectivity index (χ1n) is 8.70. The summed E-state index contributed by atoms with van der Waals surface area (Å²) in [6.07, 6.45) is 1.83. The summed E-state index contributed by atoms with van der Waals surface area (Å²) >= 11 is 0. The standard InChI is InChI=1S/C20H20F2N2O3/c1-12(14-7-8-17(21)18(22)9-14)23-19(25)11-27-16-4-2-3-15(10-16)24-20(26)13-5-6-13/h2-4,7-10,12-13H,5-6,11H2,1H3,(H,23,25)(H,24,26). The maximum atomic E-state index is 13.3. The van der Waals surface area contributed by atoms with Crippen LogP contribution >= 0.6 is 0 Å². The highest BCUT2D eigenvalue weighted by Gasteiger charge is 2.29. The second-order valence-electron chi connectivity index (χ2n) is 6.54. The molecule has 0 bridgehead atoms. The van der Waals surface area contributed by atoms with Crippen LogP contribution in [0.3, 0.4) is 0 Å². The van der Waals surface area contributed by atoms with Gasteiger partial charge in [0.15, 0.2) is 18.2 Å². The Labute approximate surface area is 155 Å². The minimum Gasteiger partial charge on any atom is -0.484 e. The Bertz CT molecular complexity index is 853. The van der Waals surface area contributed by atoms with E-state index in [1.54, 1.807) is 31.2 Å². The first kappa shape index (κ1) is 18.8. The van der Waals surface area contributed by atoms with Crippen LogP contribution in [0.15, 0.2) is 42.5 Å². The molecule has 0 aromatic heterocycles. The Morgan fingerprint density at radius 2 is 1.93 bits per heavy atom. The van der Waals surface area contributed by atoms with E-state index in [0.29, 0.717) is 17.0 Å². The van der Waals surface area contributed by atoms with E-state index < -0.39 is 23.6 Å². The van der Waals surface area contributed by atoms with Crippen LogP contribution in [0.2, 0.25) is 0 Å². The van der Waals surface area contributed by atoms with Crippen LogP contribution in [-0.2, 0) is 9.59 Å². The topological polar surface area (TPSA) is 67.4 Å². The molecule has 2 aromatic rings. The molecule has 1 fully saturated rings. The molecule has 1 aliphatic carbocycles. The Balaban J connectivity index is 1.51. The van der Waals surface area contributed by atoms with Crippen molar-refractivity contribution in [2.45, 2.75) is 25.8 Å². The number of carbonyl (C=O) groups excluding carboxylic acids is 2. The lowest BCUT2D eigenvalue weighted by Crippen LogP contribution is -2.31. The number of rotatable bonds is 7. The van der Waals surface area contributed by atoms with Crippen molar-refractivity contribution < 1.29 is 23.1 Å². The molecule has 142 valence electrons. The maximum absolute atomic E-state index is 13.3. The zero-order valence-electron chi connectivity index (χ0n) is 14.8. The molecule has 0 saturated heterocycles. The first-order valence-corrected chi connectivity index (χ1v) is 8.70. The molecule has 1 aliphatic rings. The molecule has 5 nitrogen and oxygen atoms in total. The van der Waals surface area contributed by atoms with E-state index in [1.165, 1.54) is 6.07 Å². The van der Waals surface area contributed by atoms with Crippen LogP contribution in [0.1, 0.15) is 31.4 Å². The smallest absolute Gasteiger partial charge is 0.258 e. The number of hydrogen-bond acceptors (Lipinski definition) is 3. The molecule has 27 heavy (non-hydrogen) atoms. The molecule has 0 radical (unpaired) electrons. The highest BCUT2D eigenvalue weighted by atomic mass is 19.2. The average Bonchev–Trinajstić information content (AvgIpc) is 3.48. The molecule has 2 amide bonds. The molecular formula is C20H20F2N2O3. The van der Waals surface area contributed by atoms with Gasteiger partial charge < -0.3 is 15.4 Å². The van der Waals surface area contributed by atoms with Gasteiger partial charge in [-0.05, 0) is 49.6 Å². The molecule has 1 saturated carbocycles. The molecule has 0 heterocycles. The number of hydrogen-bond donors (Lipinski definition) is 2. The lowest BCUT2D eigenvalue weighted by Gasteiger charge is -2.15. The van der Waals surface area contributed by atoms with Crippen LogP contribution in [0.25, 0.3) is 0 Å². The summed E-state index contributed by atoms with van der Waals surface area (Å²) in [7, 11) is 0. The zero-order valence-corrected chi connectivity index (χ0v) is 14.8. The van der Waals surface area contributed by atoms with Crippen LogP contribution in [0.5, 0.6) is 5.75 Å². The predicted octanol–water partition coefficient (Wildman–Crippen LogP) is 3.57. The Hall–Kier alpha value is -2.96. The minimum atomic E-state index is -0.963. The average molecular weight is 374 g/mol. The molecule has 0 spiro atoms. The van der Waals surface area contributed by atoms with Crippen LogP contribution < -0.4 is 15.4 Å².